The van der Waals surface area contributed by atoms with Crippen LogP contribution in [-0.2, 0) is 11.3 Å². The molecular weight excluding hydrogens is 404 g/mol. The maximum Gasteiger partial charge on any atom is 0.262 e. The molecule has 6 nitrogen and oxygen atoms in total. The molecule has 4 rings (SSSR count). The van der Waals surface area contributed by atoms with Crippen molar-refractivity contribution in [2.75, 3.05) is 5.32 Å². The molecule has 0 saturated carbocycles. The first-order valence-electron chi connectivity index (χ1n) is 8.05. The van der Waals surface area contributed by atoms with Crippen LogP contribution >= 0.6 is 34.3 Å². The molecule has 136 valence electrons. The van der Waals surface area contributed by atoms with Gasteiger partial charge in [0.25, 0.3) is 5.56 Å². The number of carbonyl (C=O) groups is 1. The van der Waals surface area contributed by atoms with Gasteiger partial charge in [0, 0.05) is 28.9 Å². The van der Waals surface area contributed by atoms with Gasteiger partial charge in [-0.05, 0) is 17.5 Å². The minimum absolute atomic E-state index is 0.135. The van der Waals surface area contributed by atoms with Crippen molar-refractivity contribution in [3.05, 3.63) is 62.8 Å². The van der Waals surface area contributed by atoms with Gasteiger partial charge in [-0.1, -0.05) is 29.8 Å². The fraction of sp³-hybridized carbons (Fsp3) is 0.111. The van der Waals surface area contributed by atoms with Crippen LogP contribution in [0.4, 0.5) is 5.13 Å². The van der Waals surface area contributed by atoms with Crippen molar-refractivity contribution in [2.24, 2.45) is 0 Å². The van der Waals surface area contributed by atoms with Crippen LogP contribution in [0.25, 0.3) is 21.5 Å². The number of hydrogen-bond acceptors (Lipinski definition) is 6. The first-order valence-corrected chi connectivity index (χ1v) is 10.2. The Kier molecular flexibility index (Phi) is 5.02. The average molecular weight is 417 g/mol. The van der Waals surface area contributed by atoms with Crippen molar-refractivity contribution in [3.8, 4) is 11.3 Å². The second kappa shape index (κ2) is 7.59. The zero-order valence-electron chi connectivity index (χ0n) is 13.9. The molecule has 0 aliphatic heterocycles. The van der Waals surface area contributed by atoms with E-state index in [0.717, 1.165) is 5.56 Å². The van der Waals surface area contributed by atoms with Gasteiger partial charge in [-0.15, -0.1) is 22.7 Å². The van der Waals surface area contributed by atoms with Gasteiger partial charge in [0.15, 0.2) is 5.13 Å². The number of aryl methyl sites for hydroxylation is 1. The summed E-state index contributed by atoms with van der Waals surface area (Å²) in [6.07, 6.45) is 1.63. The smallest absolute Gasteiger partial charge is 0.262 e. The van der Waals surface area contributed by atoms with Gasteiger partial charge in [0.05, 0.1) is 17.4 Å². The summed E-state index contributed by atoms with van der Waals surface area (Å²) in [4.78, 5) is 33.9. The minimum atomic E-state index is -0.215. The van der Waals surface area contributed by atoms with Gasteiger partial charge in [-0.25, -0.2) is 9.97 Å². The number of rotatable bonds is 5. The van der Waals surface area contributed by atoms with Crippen LogP contribution in [-0.4, -0.2) is 20.4 Å². The summed E-state index contributed by atoms with van der Waals surface area (Å²) in [5.74, 6) is -0.215. The molecule has 1 amide bonds. The van der Waals surface area contributed by atoms with Crippen LogP contribution in [0, 0.1) is 0 Å². The second-order valence-electron chi connectivity index (χ2n) is 5.70. The fourth-order valence-corrected chi connectivity index (χ4v) is 4.26. The van der Waals surface area contributed by atoms with E-state index in [1.54, 1.807) is 12.1 Å². The van der Waals surface area contributed by atoms with Gasteiger partial charge in [-0.3, -0.25) is 14.2 Å². The summed E-state index contributed by atoms with van der Waals surface area (Å²) in [6, 6.07) is 9.16. The molecule has 0 saturated heterocycles. The van der Waals surface area contributed by atoms with E-state index in [2.05, 4.69) is 15.3 Å². The molecule has 9 heteroatoms. The fourth-order valence-electron chi connectivity index (χ4n) is 2.58. The van der Waals surface area contributed by atoms with Crippen molar-refractivity contribution in [3.63, 3.8) is 0 Å². The molecule has 0 spiro atoms. The summed E-state index contributed by atoms with van der Waals surface area (Å²) < 4.78 is 1.45. The van der Waals surface area contributed by atoms with Gasteiger partial charge in [-0.2, -0.15) is 0 Å². The summed E-state index contributed by atoms with van der Waals surface area (Å²) in [7, 11) is 0. The lowest BCUT2D eigenvalue weighted by Gasteiger charge is -2.05. The minimum Gasteiger partial charge on any atom is -0.302 e. The van der Waals surface area contributed by atoms with Crippen LogP contribution in [0.1, 0.15) is 6.42 Å². The lowest BCUT2D eigenvalue weighted by atomic mass is 10.2. The highest BCUT2D eigenvalue weighted by molar-refractivity contribution is 7.16. The zero-order chi connectivity index (χ0) is 18.8. The highest BCUT2D eigenvalue weighted by Gasteiger charge is 2.11. The number of thiophene rings is 1. The monoisotopic (exact) mass is 416 g/mol. The summed E-state index contributed by atoms with van der Waals surface area (Å²) in [6.45, 7) is 0.256. The predicted octanol–water partition coefficient (Wildman–Crippen LogP) is 4.26. The van der Waals surface area contributed by atoms with Crippen LogP contribution < -0.4 is 10.9 Å². The number of nitrogens with zero attached hydrogens (tertiary/aromatic N) is 3. The van der Waals surface area contributed by atoms with Crippen LogP contribution in [0.3, 0.4) is 0 Å². The molecule has 0 atom stereocenters. The third-order valence-corrected chi connectivity index (χ3v) is 5.84. The van der Waals surface area contributed by atoms with Crippen molar-refractivity contribution < 1.29 is 4.79 Å². The van der Waals surface area contributed by atoms with Crippen molar-refractivity contribution >= 4 is 55.5 Å². The predicted molar refractivity (Wildman–Crippen MR) is 110 cm³/mol. The van der Waals surface area contributed by atoms with Gasteiger partial charge in [0.2, 0.25) is 5.91 Å². The molecule has 0 bridgehead atoms. The molecule has 0 aliphatic carbocycles. The topological polar surface area (TPSA) is 76.9 Å². The van der Waals surface area contributed by atoms with Crippen LogP contribution in [0.15, 0.2) is 52.2 Å². The zero-order valence-corrected chi connectivity index (χ0v) is 16.3. The standard InChI is InChI=1S/C18H13ClN4O2S2/c19-13-4-2-1-3-11(13)14-9-27-18(21-14)22-15(24)5-7-23-10-20-16-12(17(23)25)6-8-26-16/h1-4,6,8-10H,5,7H2,(H,21,22,24). The Balaban J connectivity index is 1.42. The SMILES string of the molecule is O=C(CCn1cnc2sccc2c1=O)Nc1nc(-c2ccccc2Cl)cs1. The van der Waals surface area contributed by atoms with Crippen molar-refractivity contribution in [1.82, 2.24) is 14.5 Å². The van der Waals surface area contributed by atoms with E-state index in [4.69, 9.17) is 11.6 Å². The summed E-state index contributed by atoms with van der Waals surface area (Å²) >= 11 is 8.92. The molecule has 3 heterocycles. The maximum absolute atomic E-state index is 12.3. The second-order valence-corrected chi connectivity index (χ2v) is 7.86. The van der Waals surface area contributed by atoms with Crippen molar-refractivity contribution in [2.45, 2.75) is 13.0 Å². The third-order valence-electron chi connectivity index (χ3n) is 3.93. The molecule has 4 aromatic rings. The van der Waals surface area contributed by atoms with Crippen LogP contribution in [0.5, 0.6) is 0 Å². The molecule has 27 heavy (non-hydrogen) atoms. The van der Waals surface area contributed by atoms with Gasteiger partial charge < -0.3 is 5.32 Å². The highest BCUT2D eigenvalue weighted by atomic mass is 35.5. The summed E-state index contributed by atoms with van der Waals surface area (Å²) in [5, 5.41) is 8.11. The summed E-state index contributed by atoms with van der Waals surface area (Å²) in [5.41, 5.74) is 1.39. The lowest BCUT2D eigenvalue weighted by molar-refractivity contribution is -0.116. The Morgan fingerprint density at radius 3 is 2.93 bits per heavy atom. The Hall–Kier alpha value is -2.55. The van der Waals surface area contributed by atoms with E-state index in [1.807, 2.05) is 29.0 Å². The van der Waals surface area contributed by atoms with E-state index >= 15 is 0 Å². The lowest BCUT2D eigenvalue weighted by Crippen LogP contribution is -2.23. The van der Waals surface area contributed by atoms with Crippen LogP contribution in [0.2, 0.25) is 5.02 Å². The number of anilines is 1. The highest BCUT2D eigenvalue weighted by Crippen LogP contribution is 2.30. The molecule has 1 aromatic carbocycles. The quantitative estimate of drug-likeness (QED) is 0.527. The first-order chi connectivity index (χ1) is 13.1. The van der Waals surface area contributed by atoms with E-state index in [9.17, 15) is 9.59 Å². The number of benzene rings is 1. The number of nitrogens with one attached hydrogen (secondary N) is 1. The number of fused-ring (bicyclic) bond motifs is 1. The average Bonchev–Trinajstić information content (AvgIpc) is 3.31. The third kappa shape index (κ3) is 3.78. The molecule has 0 radical (unpaired) electrons. The number of aromatic nitrogens is 3. The molecular formula is C18H13ClN4O2S2. The number of halogens is 1. The number of hydrogen-bond donors (Lipinski definition) is 1. The molecule has 3 aromatic heterocycles. The Morgan fingerprint density at radius 1 is 1.22 bits per heavy atom. The largest absolute Gasteiger partial charge is 0.302 e. The number of amides is 1. The van der Waals surface area contributed by atoms with E-state index in [0.29, 0.717) is 26.1 Å². The number of thiazole rings is 1. The maximum atomic E-state index is 12.3. The van der Waals surface area contributed by atoms with Gasteiger partial charge in [0.1, 0.15) is 4.83 Å². The van der Waals surface area contributed by atoms with Gasteiger partial charge >= 0.3 is 0 Å². The van der Waals surface area contributed by atoms with Crippen molar-refractivity contribution in [1.29, 1.82) is 0 Å². The van der Waals surface area contributed by atoms with E-state index < -0.39 is 0 Å². The number of carbonyl (C=O) groups excluding carboxylic acids is 1. The van der Waals surface area contributed by atoms with E-state index in [-0.39, 0.29) is 24.4 Å². The molecule has 1 N–H and O–H groups in total. The first kappa shape index (κ1) is 17.8. The Morgan fingerprint density at radius 2 is 2.07 bits per heavy atom. The Bertz CT molecular complexity index is 1180. The molecule has 0 unspecified atom stereocenters. The normalized spacial score (nSPS) is 11.0. The Labute approximate surface area is 167 Å². The van der Waals surface area contributed by atoms with E-state index in [1.165, 1.54) is 33.6 Å². The molecule has 0 fully saturated rings. The molecule has 0 aliphatic rings.